The second kappa shape index (κ2) is 7.19. The second-order valence-electron chi connectivity index (χ2n) is 6.43. The molecule has 0 aliphatic carbocycles. The molecule has 0 amide bonds. The minimum absolute atomic E-state index is 0.744. The van der Waals surface area contributed by atoms with Crippen LogP contribution >= 0.6 is 0 Å². The summed E-state index contributed by atoms with van der Waals surface area (Å²) in [4.78, 5) is 2.46. The van der Waals surface area contributed by atoms with Gasteiger partial charge < -0.3 is 13.9 Å². The predicted molar refractivity (Wildman–Crippen MR) is 99.4 cm³/mol. The van der Waals surface area contributed by atoms with Crippen LogP contribution in [0.25, 0.3) is 22.1 Å². The Kier molecular flexibility index (Phi) is 4.61. The summed E-state index contributed by atoms with van der Waals surface area (Å²) in [6.45, 7) is 4.17. The Morgan fingerprint density at radius 1 is 1.00 bits per heavy atom. The molecular weight excluding hydrogens is 314 g/mol. The lowest BCUT2D eigenvalue weighted by atomic mass is 10.0. The molecule has 0 radical (unpaired) electrons. The zero-order chi connectivity index (χ0) is 17.1. The van der Waals surface area contributed by atoms with Gasteiger partial charge in [0.1, 0.15) is 23.7 Å². The van der Waals surface area contributed by atoms with Crippen molar-refractivity contribution >= 4 is 11.0 Å². The third kappa shape index (κ3) is 3.49. The molecule has 3 aromatic rings. The fourth-order valence-corrected chi connectivity index (χ4v) is 3.39. The molecule has 4 rings (SSSR count). The molecule has 130 valence electrons. The molecule has 2 heterocycles. The van der Waals surface area contributed by atoms with Crippen molar-refractivity contribution in [2.75, 3.05) is 33.4 Å². The maximum absolute atomic E-state index is 5.88. The van der Waals surface area contributed by atoms with Gasteiger partial charge in [-0.2, -0.15) is 0 Å². The van der Waals surface area contributed by atoms with E-state index in [1.807, 2.05) is 30.3 Å². The predicted octanol–water partition coefficient (Wildman–Crippen LogP) is 4.58. The van der Waals surface area contributed by atoms with E-state index in [9.17, 15) is 0 Å². The van der Waals surface area contributed by atoms with Gasteiger partial charge in [-0.25, -0.2) is 0 Å². The Labute approximate surface area is 148 Å². The molecule has 1 aliphatic heterocycles. The van der Waals surface area contributed by atoms with Crippen LogP contribution in [0.3, 0.4) is 0 Å². The first-order valence-corrected chi connectivity index (χ1v) is 8.84. The summed E-state index contributed by atoms with van der Waals surface area (Å²) >= 11 is 0. The van der Waals surface area contributed by atoms with Crippen LogP contribution in [0.4, 0.5) is 0 Å². The van der Waals surface area contributed by atoms with Gasteiger partial charge in [-0.05, 0) is 55.8 Å². The first-order chi connectivity index (χ1) is 12.3. The third-order valence-electron chi connectivity index (χ3n) is 4.82. The van der Waals surface area contributed by atoms with Crippen LogP contribution < -0.4 is 9.47 Å². The zero-order valence-corrected chi connectivity index (χ0v) is 14.5. The molecule has 0 unspecified atom stereocenters. The molecular formula is C21H23NO3. The van der Waals surface area contributed by atoms with Gasteiger partial charge >= 0.3 is 0 Å². The van der Waals surface area contributed by atoms with Crippen LogP contribution in [0.2, 0.25) is 0 Å². The molecule has 4 nitrogen and oxygen atoms in total. The van der Waals surface area contributed by atoms with Crippen molar-refractivity contribution in [3.05, 3.63) is 48.7 Å². The monoisotopic (exact) mass is 337 g/mol. The van der Waals surface area contributed by atoms with Gasteiger partial charge in [-0.3, -0.25) is 4.90 Å². The largest absolute Gasteiger partial charge is 0.497 e. The van der Waals surface area contributed by atoms with Gasteiger partial charge in [0.25, 0.3) is 0 Å². The number of likely N-dealkylation sites (tertiary alicyclic amines) is 1. The lowest BCUT2D eigenvalue weighted by Gasteiger charge is -2.15. The summed E-state index contributed by atoms with van der Waals surface area (Å²) in [7, 11) is 1.66. The van der Waals surface area contributed by atoms with Gasteiger partial charge in [-0.1, -0.05) is 12.1 Å². The maximum atomic E-state index is 5.88. The van der Waals surface area contributed by atoms with Crippen LogP contribution in [0.15, 0.2) is 53.1 Å². The Morgan fingerprint density at radius 3 is 2.52 bits per heavy atom. The van der Waals surface area contributed by atoms with Crippen LogP contribution in [0.5, 0.6) is 11.5 Å². The van der Waals surface area contributed by atoms with Crippen molar-refractivity contribution in [2.24, 2.45) is 0 Å². The molecule has 0 atom stereocenters. The number of ether oxygens (including phenoxy) is 2. The summed E-state index contributed by atoms with van der Waals surface area (Å²) in [5.74, 6) is 1.72. The van der Waals surface area contributed by atoms with Crippen molar-refractivity contribution in [3.63, 3.8) is 0 Å². The molecule has 25 heavy (non-hydrogen) atoms. The number of nitrogens with zero attached hydrogens (tertiary/aromatic N) is 1. The van der Waals surface area contributed by atoms with Crippen LogP contribution in [0, 0.1) is 0 Å². The van der Waals surface area contributed by atoms with Gasteiger partial charge in [0.05, 0.1) is 13.4 Å². The van der Waals surface area contributed by atoms with Crippen molar-refractivity contribution in [2.45, 2.75) is 12.8 Å². The highest BCUT2D eigenvalue weighted by atomic mass is 16.5. The first kappa shape index (κ1) is 16.0. The van der Waals surface area contributed by atoms with E-state index in [1.165, 1.54) is 25.9 Å². The van der Waals surface area contributed by atoms with Crippen molar-refractivity contribution in [1.82, 2.24) is 4.90 Å². The Bertz CT molecular complexity index is 832. The molecule has 1 fully saturated rings. The molecule has 2 aromatic carbocycles. The summed E-state index contributed by atoms with van der Waals surface area (Å²) in [5.41, 5.74) is 3.04. The lowest BCUT2D eigenvalue weighted by molar-refractivity contribution is 0.238. The summed E-state index contributed by atoms with van der Waals surface area (Å²) in [6, 6.07) is 14.1. The fraction of sp³-hybridized carbons (Fsp3) is 0.333. The fourth-order valence-electron chi connectivity index (χ4n) is 3.39. The summed E-state index contributed by atoms with van der Waals surface area (Å²) in [5, 5.41) is 1.09. The number of fused-ring (bicyclic) bond motifs is 1. The average Bonchev–Trinajstić information content (AvgIpc) is 3.31. The number of furan rings is 1. The summed E-state index contributed by atoms with van der Waals surface area (Å²) in [6.07, 6.45) is 4.44. The maximum Gasteiger partial charge on any atom is 0.138 e. The minimum Gasteiger partial charge on any atom is -0.497 e. The molecule has 0 N–H and O–H groups in total. The molecule has 1 aromatic heterocycles. The zero-order valence-electron chi connectivity index (χ0n) is 14.5. The van der Waals surface area contributed by atoms with E-state index in [-0.39, 0.29) is 0 Å². The molecule has 1 aliphatic rings. The molecule has 1 saturated heterocycles. The Morgan fingerprint density at radius 2 is 1.76 bits per heavy atom. The van der Waals surface area contributed by atoms with E-state index in [2.05, 4.69) is 17.0 Å². The average molecular weight is 337 g/mol. The molecule has 0 bridgehead atoms. The number of rotatable bonds is 6. The van der Waals surface area contributed by atoms with E-state index in [1.54, 1.807) is 13.4 Å². The van der Waals surface area contributed by atoms with Crippen LogP contribution in [0.1, 0.15) is 12.8 Å². The standard InChI is InChI=1S/C21H23NO3/c1-23-18-8-9-19-20(15-25-21(19)14-18)16-4-6-17(7-5-16)24-13-12-22-10-2-3-11-22/h4-9,14-15H,2-3,10-13H2,1H3. The van der Waals surface area contributed by atoms with Crippen LogP contribution in [-0.4, -0.2) is 38.3 Å². The SMILES string of the molecule is COc1ccc2c(-c3ccc(OCCN4CCCC4)cc3)coc2c1. The van der Waals surface area contributed by atoms with E-state index in [0.717, 1.165) is 46.7 Å². The van der Waals surface area contributed by atoms with E-state index < -0.39 is 0 Å². The molecule has 0 saturated carbocycles. The minimum atomic E-state index is 0.744. The number of hydrogen-bond acceptors (Lipinski definition) is 4. The van der Waals surface area contributed by atoms with Crippen molar-refractivity contribution < 1.29 is 13.9 Å². The number of benzene rings is 2. The van der Waals surface area contributed by atoms with Gasteiger partial charge in [0, 0.05) is 23.6 Å². The van der Waals surface area contributed by atoms with E-state index in [4.69, 9.17) is 13.9 Å². The second-order valence-corrected chi connectivity index (χ2v) is 6.43. The van der Waals surface area contributed by atoms with Crippen molar-refractivity contribution in [3.8, 4) is 22.6 Å². The highest BCUT2D eigenvalue weighted by Gasteiger charge is 2.11. The van der Waals surface area contributed by atoms with E-state index in [0.29, 0.717) is 0 Å². The third-order valence-corrected chi connectivity index (χ3v) is 4.82. The highest BCUT2D eigenvalue weighted by molar-refractivity contribution is 5.94. The number of hydrogen-bond donors (Lipinski definition) is 0. The van der Waals surface area contributed by atoms with Crippen LogP contribution in [-0.2, 0) is 0 Å². The first-order valence-electron chi connectivity index (χ1n) is 8.84. The van der Waals surface area contributed by atoms with Gasteiger partial charge in [0.2, 0.25) is 0 Å². The smallest absolute Gasteiger partial charge is 0.138 e. The highest BCUT2D eigenvalue weighted by Crippen LogP contribution is 2.33. The number of methoxy groups -OCH3 is 1. The normalized spacial score (nSPS) is 14.9. The Hall–Kier alpha value is -2.46. The Balaban J connectivity index is 1.44. The van der Waals surface area contributed by atoms with Gasteiger partial charge in [-0.15, -0.1) is 0 Å². The molecule has 4 heteroatoms. The van der Waals surface area contributed by atoms with Crippen molar-refractivity contribution in [1.29, 1.82) is 0 Å². The van der Waals surface area contributed by atoms with Gasteiger partial charge in [0.15, 0.2) is 0 Å². The molecule has 0 spiro atoms. The quantitative estimate of drug-likeness (QED) is 0.659. The van der Waals surface area contributed by atoms with E-state index >= 15 is 0 Å². The summed E-state index contributed by atoms with van der Waals surface area (Å²) < 4.78 is 16.8. The topological polar surface area (TPSA) is 34.8 Å². The lowest BCUT2D eigenvalue weighted by Crippen LogP contribution is -2.25.